The van der Waals surface area contributed by atoms with Crippen molar-refractivity contribution in [2.75, 3.05) is 13.7 Å². The number of hydrogen-bond acceptors (Lipinski definition) is 5. The minimum absolute atomic E-state index is 0.0528. The van der Waals surface area contributed by atoms with Crippen LogP contribution in [0, 0.1) is 0 Å². The molecule has 3 rings (SSSR count). The summed E-state index contributed by atoms with van der Waals surface area (Å²) in [6.45, 7) is 0.501. The van der Waals surface area contributed by atoms with Crippen LogP contribution < -0.4 is 15.6 Å². The Labute approximate surface area is 184 Å². The van der Waals surface area contributed by atoms with Crippen molar-refractivity contribution in [2.45, 2.75) is 23.8 Å². The number of nitrogens with zero attached hydrogens (tertiary/aromatic N) is 1. The highest BCUT2D eigenvalue weighted by atomic mass is 35.5. The number of amides is 1. The van der Waals surface area contributed by atoms with E-state index in [1.807, 2.05) is 48.5 Å². The van der Waals surface area contributed by atoms with Crippen LogP contribution in [0.5, 0.6) is 5.75 Å². The fourth-order valence-corrected chi connectivity index (χ4v) is 3.74. The monoisotopic (exact) mass is 443 g/mol. The third-order valence-electron chi connectivity index (χ3n) is 4.27. The molecule has 6 nitrogen and oxygen atoms in total. The summed E-state index contributed by atoms with van der Waals surface area (Å²) in [7, 11) is 1.62. The Balaban J connectivity index is 1.53. The van der Waals surface area contributed by atoms with Crippen LogP contribution in [-0.4, -0.2) is 29.5 Å². The Morgan fingerprint density at radius 1 is 1.17 bits per heavy atom. The number of carbonyl (C=O) groups is 1. The van der Waals surface area contributed by atoms with Crippen LogP contribution in [0.1, 0.15) is 16.8 Å². The number of carbonyl (C=O) groups excluding carboxylic acids is 1. The number of halogens is 1. The molecule has 0 fully saturated rings. The maximum Gasteiger partial charge on any atom is 0.251 e. The molecule has 0 spiro atoms. The van der Waals surface area contributed by atoms with Gasteiger partial charge in [-0.05, 0) is 41.8 Å². The summed E-state index contributed by atoms with van der Waals surface area (Å²) in [5.74, 6) is 1.22. The second-order valence-electron chi connectivity index (χ2n) is 6.59. The van der Waals surface area contributed by atoms with Gasteiger partial charge >= 0.3 is 0 Å². The number of aromatic amines is 1. The summed E-state index contributed by atoms with van der Waals surface area (Å²) >= 11 is 7.27. The number of nitrogens with one attached hydrogen (secondary N) is 2. The van der Waals surface area contributed by atoms with Crippen LogP contribution in [0.25, 0.3) is 0 Å². The van der Waals surface area contributed by atoms with E-state index in [9.17, 15) is 9.59 Å². The maximum absolute atomic E-state index is 12.2. The summed E-state index contributed by atoms with van der Waals surface area (Å²) in [4.78, 5) is 31.3. The molecule has 0 unspecified atom stereocenters. The Morgan fingerprint density at radius 2 is 1.97 bits per heavy atom. The Hall–Kier alpha value is -2.77. The third kappa shape index (κ3) is 6.93. The van der Waals surface area contributed by atoms with Gasteiger partial charge in [-0.15, -0.1) is 0 Å². The minimum atomic E-state index is -0.276. The van der Waals surface area contributed by atoms with E-state index in [-0.39, 0.29) is 17.9 Å². The molecular weight excluding hydrogens is 422 g/mol. The molecule has 1 aromatic heterocycles. The largest absolute Gasteiger partial charge is 0.497 e. The molecule has 0 aliphatic carbocycles. The lowest BCUT2D eigenvalue weighted by Gasteiger charge is -2.07. The average molecular weight is 444 g/mol. The van der Waals surface area contributed by atoms with Crippen molar-refractivity contribution < 1.29 is 9.53 Å². The van der Waals surface area contributed by atoms with E-state index >= 15 is 0 Å². The number of benzene rings is 2. The molecule has 8 heteroatoms. The van der Waals surface area contributed by atoms with Gasteiger partial charge in [0.2, 0.25) is 5.91 Å². The molecule has 0 radical (unpaired) electrons. The molecule has 3 aromatic rings. The van der Waals surface area contributed by atoms with Gasteiger partial charge in [0, 0.05) is 23.4 Å². The maximum atomic E-state index is 12.2. The molecule has 0 bridgehead atoms. The first-order valence-corrected chi connectivity index (χ1v) is 10.8. The van der Waals surface area contributed by atoms with Crippen LogP contribution in [0.3, 0.4) is 0 Å². The summed E-state index contributed by atoms with van der Waals surface area (Å²) in [6.07, 6.45) is 0.755. The van der Waals surface area contributed by atoms with E-state index in [0.29, 0.717) is 34.6 Å². The molecular formula is C22H22ClN3O3S. The molecule has 30 heavy (non-hydrogen) atoms. The van der Waals surface area contributed by atoms with Crippen LogP contribution in [0.15, 0.2) is 64.5 Å². The van der Waals surface area contributed by atoms with Gasteiger partial charge in [0.1, 0.15) is 5.75 Å². The van der Waals surface area contributed by atoms with Gasteiger partial charge in [0.25, 0.3) is 5.56 Å². The highest BCUT2D eigenvalue weighted by Gasteiger charge is 2.08. The van der Waals surface area contributed by atoms with Crippen LogP contribution in [0.4, 0.5) is 0 Å². The van der Waals surface area contributed by atoms with E-state index in [1.165, 1.54) is 17.8 Å². The van der Waals surface area contributed by atoms with Gasteiger partial charge in [-0.3, -0.25) is 9.59 Å². The van der Waals surface area contributed by atoms with Crippen molar-refractivity contribution in [3.63, 3.8) is 0 Å². The quantitative estimate of drug-likeness (QED) is 0.389. The fourth-order valence-electron chi connectivity index (χ4n) is 2.78. The van der Waals surface area contributed by atoms with Gasteiger partial charge in [0.05, 0.1) is 19.2 Å². The highest BCUT2D eigenvalue weighted by Crippen LogP contribution is 2.21. The van der Waals surface area contributed by atoms with Crippen molar-refractivity contribution >= 4 is 29.3 Å². The first kappa shape index (κ1) is 21.9. The van der Waals surface area contributed by atoms with Crippen molar-refractivity contribution in [3.05, 3.63) is 86.8 Å². The standard InChI is InChI=1S/C22H22ClN3O3S/c1-29-19-4-2-3-16(11-19)14-30-22-25-18(13-21(28)26-22)12-20(27)24-10-9-15-5-7-17(23)8-6-15/h2-8,11,13H,9-10,12,14H2,1H3,(H,24,27)(H,25,26,28). The van der Waals surface area contributed by atoms with E-state index in [1.54, 1.807) is 7.11 Å². The van der Waals surface area contributed by atoms with Crippen molar-refractivity contribution in [1.82, 2.24) is 15.3 Å². The molecule has 156 valence electrons. The molecule has 0 saturated carbocycles. The van der Waals surface area contributed by atoms with E-state index in [0.717, 1.165) is 16.9 Å². The molecule has 2 aromatic carbocycles. The Bertz CT molecular complexity index is 1050. The number of methoxy groups -OCH3 is 1. The van der Waals surface area contributed by atoms with Crippen LogP contribution >= 0.6 is 23.4 Å². The van der Waals surface area contributed by atoms with E-state index in [2.05, 4.69) is 15.3 Å². The first-order chi connectivity index (χ1) is 14.5. The van der Waals surface area contributed by atoms with Crippen LogP contribution in [0.2, 0.25) is 5.02 Å². The van der Waals surface area contributed by atoms with Gasteiger partial charge < -0.3 is 15.0 Å². The summed E-state index contributed by atoms with van der Waals surface area (Å²) < 4.78 is 5.22. The van der Waals surface area contributed by atoms with Gasteiger partial charge in [-0.2, -0.15) is 0 Å². The predicted molar refractivity (Wildman–Crippen MR) is 119 cm³/mol. The molecule has 2 N–H and O–H groups in total. The first-order valence-electron chi connectivity index (χ1n) is 9.39. The molecule has 0 atom stereocenters. The summed E-state index contributed by atoms with van der Waals surface area (Å²) in [5, 5.41) is 4.02. The number of aromatic nitrogens is 2. The van der Waals surface area contributed by atoms with Gasteiger partial charge in [-0.1, -0.05) is 47.6 Å². The average Bonchev–Trinajstić information content (AvgIpc) is 2.73. The van der Waals surface area contributed by atoms with Crippen molar-refractivity contribution in [3.8, 4) is 5.75 Å². The van der Waals surface area contributed by atoms with Crippen molar-refractivity contribution in [2.24, 2.45) is 0 Å². The highest BCUT2D eigenvalue weighted by molar-refractivity contribution is 7.98. The normalized spacial score (nSPS) is 10.6. The van der Waals surface area contributed by atoms with Crippen LogP contribution in [-0.2, 0) is 23.4 Å². The van der Waals surface area contributed by atoms with E-state index in [4.69, 9.17) is 16.3 Å². The Kier molecular flexibility index (Phi) is 7.93. The lowest BCUT2D eigenvalue weighted by Crippen LogP contribution is -2.28. The van der Waals surface area contributed by atoms with Gasteiger partial charge in [-0.25, -0.2) is 4.98 Å². The summed E-state index contributed by atoms with van der Waals surface area (Å²) in [6, 6.07) is 16.6. The summed E-state index contributed by atoms with van der Waals surface area (Å²) in [5.41, 5.74) is 2.30. The number of hydrogen-bond donors (Lipinski definition) is 2. The number of H-pyrrole nitrogens is 1. The third-order valence-corrected chi connectivity index (χ3v) is 5.47. The lowest BCUT2D eigenvalue weighted by atomic mass is 10.1. The second kappa shape index (κ2) is 10.8. The molecule has 1 amide bonds. The number of rotatable bonds is 9. The zero-order valence-corrected chi connectivity index (χ0v) is 18.1. The fraction of sp³-hybridized carbons (Fsp3) is 0.227. The Morgan fingerprint density at radius 3 is 2.73 bits per heavy atom. The molecule has 0 saturated heterocycles. The molecule has 0 aliphatic heterocycles. The zero-order chi connectivity index (χ0) is 21.3. The lowest BCUT2D eigenvalue weighted by molar-refractivity contribution is -0.120. The molecule has 0 aliphatic rings. The van der Waals surface area contributed by atoms with E-state index < -0.39 is 0 Å². The predicted octanol–water partition coefficient (Wildman–Crippen LogP) is 3.63. The van der Waals surface area contributed by atoms with Crippen molar-refractivity contribution in [1.29, 1.82) is 0 Å². The zero-order valence-electron chi connectivity index (χ0n) is 16.5. The SMILES string of the molecule is COc1cccc(CSc2nc(CC(=O)NCCc3ccc(Cl)cc3)cc(=O)[nH]2)c1. The second-order valence-corrected chi connectivity index (χ2v) is 7.99. The number of ether oxygens (including phenoxy) is 1. The molecule has 1 heterocycles. The smallest absolute Gasteiger partial charge is 0.251 e. The number of thioether (sulfide) groups is 1. The minimum Gasteiger partial charge on any atom is -0.497 e. The topological polar surface area (TPSA) is 84.1 Å². The van der Waals surface area contributed by atoms with Gasteiger partial charge in [0.15, 0.2) is 5.16 Å².